The Kier molecular flexibility index (Phi) is 9.84. The Morgan fingerprint density at radius 2 is 2.00 bits per heavy atom. The fraction of sp³-hybridized carbons (Fsp3) is 0.444. The lowest BCUT2D eigenvalue weighted by atomic mass is 10.1. The Bertz CT molecular complexity index is 797. The normalized spacial score (nSPS) is 15.7. The molecule has 0 spiro atoms. The van der Waals surface area contributed by atoms with Gasteiger partial charge in [0.05, 0.1) is 10.7 Å². The van der Waals surface area contributed by atoms with Gasteiger partial charge in [-0.3, -0.25) is 9.69 Å². The minimum absolute atomic E-state index is 0. The summed E-state index contributed by atoms with van der Waals surface area (Å²) < 4.78 is 40.3. The molecule has 29 heavy (non-hydrogen) atoms. The fourth-order valence-electron chi connectivity index (χ4n) is 3.05. The molecule has 1 fully saturated rings. The van der Waals surface area contributed by atoms with Crippen molar-refractivity contribution in [2.75, 3.05) is 32.7 Å². The van der Waals surface area contributed by atoms with Crippen LogP contribution >= 0.6 is 36.2 Å². The molecule has 1 aromatic heterocycles. The first-order chi connectivity index (χ1) is 12.8. The summed E-state index contributed by atoms with van der Waals surface area (Å²) in [6.07, 6.45) is -4.40. The van der Waals surface area contributed by atoms with Gasteiger partial charge in [-0.15, -0.1) is 36.2 Å². The summed E-state index contributed by atoms with van der Waals surface area (Å²) in [5.74, 6) is -0.520. The average molecular weight is 471 g/mol. The number of alkyl halides is 3. The Hall–Kier alpha value is -1.39. The van der Waals surface area contributed by atoms with Crippen molar-refractivity contribution < 1.29 is 18.0 Å². The van der Waals surface area contributed by atoms with Crippen molar-refractivity contribution in [3.8, 4) is 11.3 Å². The van der Waals surface area contributed by atoms with E-state index in [0.717, 1.165) is 16.3 Å². The molecule has 0 saturated carbocycles. The van der Waals surface area contributed by atoms with Gasteiger partial charge in [0.15, 0.2) is 0 Å². The molecule has 0 bridgehead atoms. The molecule has 2 aromatic rings. The molecule has 0 aliphatic carbocycles. The van der Waals surface area contributed by atoms with Crippen LogP contribution in [0.4, 0.5) is 13.2 Å². The zero-order valence-corrected chi connectivity index (χ0v) is 18.1. The van der Waals surface area contributed by atoms with Crippen molar-refractivity contribution in [2.45, 2.75) is 19.1 Å². The van der Waals surface area contributed by atoms with E-state index >= 15 is 0 Å². The smallest absolute Gasteiger partial charge is 0.350 e. The molecule has 1 aliphatic heterocycles. The zero-order chi connectivity index (χ0) is 19.4. The van der Waals surface area contributed by atoms with E-state index in [9.17, 15) is 18.0 Å². The Morgan fingerprint density at radius 3 is 2.59 bits per heavy atom. The number of halogens is 5. The van der Waals surface area contributed by atoms with Crippen LogP contribution in [0.15, 0.2) is 29.6 Å². The van der Waals surface area contributed by atoms with Crippen LogP contribution in [-0.4, -0.2) is 60.7 Å². The highest BCUT2D eigenvalue weighted by molar-refractivity contribution is 7.09. The number of thiazole rings is 1. The molecule has 1 aromatic carbocycles. The first-order valence-corrected chi connectivity index (χ1v) is 9.55. The molecule has 1 aliphatic rings. The van der Waals surface area contributed by atoms with Crippen LogP contribution in [0.2, 0.25) is 0 Å². The largest absolute Gasteiger partial charge is 0.405 e. The van der Waals surface area contributed by atoms with Crippen molar-refractivity contribution in [3.63, 3.8) is 0 Å². The second-order valence-corrected chi connectivity index (χ2v) is 7.45. The van der Waals surface area contributed by atoms with E-state index in [1.165, 1.54) is 16.2 Å². The third-order valence-corrected chi connectivity index (χ3v) is 5.24. The highest BCUT2D eigenvalue weighted by atomic mass is 35.5. The molecular weight excluding hydrogens is 448 g/mol. The van der Waals surface area contributed by atoms with Gasteiger partial charge >= 0.3 is 6.18 Å². The van der Waals surface area contributed by atoms with Crippen molar-refractivity contribution in [2.24, 2.45) is 0 Å². The summed E-state index contributed by atoms with van der Waals surface area (Å²) in [6, 6.07) is 5.08. The van der Waals surface area contributed by atoms with Gasteiger partial charge in [0.2, 0.25) is 0 Å². The molecule has 1 atom stereocenters. The molecule has 162 valence electrons. The number of hydrogen-bond donors (Lipinski definition) is 2. The number of carbonyl (C=O) groups excluding carboxylic acids is 1. The van der Waals surface area contributed by atoms with Gasteiger partial charge < -0.3 is 10.6 Å². The van der Waals surface area contributed by atoms with E-state index in [2.05, 4.69) is 15.6 Å². The molecule has 1 saturated heterocycles. The number of carbonyl (C=O) groups is 1. The summed E-state index contributed by atoms with van der Waals surface area (Å²) in [5, 5.41) is 8.27. The predicted molar refractivity (Wildman–Crippen MR) is 113 cm³/mol. The molecule has 2 heterocycles. The first kappa shape index (κ1) is 25.6. The fourth-order valence-corrected chi connectivity index (χ4v) is 3.67. The van der Waals surface area contributed by atoms with Crippen LogP contribution in [0.25, 0.3) is 11.3 Å². The van der Waals surface area contributed by atoms with E-state index in [1.54, 1.807) is 18.2 Å². The van der Waals surface area contributed by atoms with Crippen LogP contribution in [0.3, 0.4) is 0 Å². The molecule has 1 unspecified atom stereocenters. The van der Waals surface area contributed by atoms with Gasteiger partial charge in [-0.25, -0.2) is 4.98 Å². The van der Waals surface area contributed by atoms with Crippen LogP contribution in [0, 0.1) is 6.92 Å². The Labute approximate surface area is 183 Å². The van der Waals surface area contributed by atoms with Crippen LogP contribution in [0.5, 0.6) is 0 Å². The Morgan fingerprint density at radius 1 is 1.31 bits per heavy atom. The molecular formula is C18H23Cl2F3N4OS. The number of rotatable bonds is 5. The van der Waals surface area contributed by atoms with Crippen LogP contribution < -0.4 is 10.6 Å². The molecule has 3 rings (SSSR count). The Balaban J connectivity index is 0.00000210. The van der Waals surface area contributed by atoms with E-state index in [0.29, 0.717) is 31.7 Å². The third-order valence-electron chi connectivity index (χ3n) is 4.47. The van der Waals surface area contributed by atoms with Gasteiger partial charge in [-0.2, -0.15) is 13.2 Å². The maximum absolute atomic E-state index is 13.4. The predicted octanol–water partition coefficient (Wildman–Crippen LogP) is 3.53. The second kappa shape index (κ2) is 11.1. The van der Waals surface area contributed by atoms with E-state index in [1.807, 2.05) is 18.4 Å². The number of benzene rings is 1. The molecule has 11 heteroatoms. The molecule has 5 nitrogen and oxygen atoms in total. The highest BCUT2D eigenvalue weighted by Gasteiger charge is 2.43. The summed E-state index contributed by atoms with van der Waals surface area (Å²) in [7, 11) is 0. The van der Waals surface area contributed by atoms with E-state index in [-0.39, 0.29) is 24.8 Å². The van der Waals surface area contributed by atoms with Gasteiger partial charge in [-0.05, 0) is 19.1 Å². The maximum atomic E-state index is 13.4. The highest BCUT2D eigenvalue weighted by Crippen LogP contribution is 2.25. The van der Waals surface area contributed by atoms with E-state index in [4.69, 9.17) is 0 Å². The number of aromatic nitrogens is 1. The minimum Gasteiger partial charge on any atom is -0.350 e. The molecule has 1 amide bonds. The summed E-state index contributed by atoms with van der Waals surface area (Å²) in [6.45, 7) is 3.04. The quantitative estimate of drug-likeness (QED) is 0.701. The number of hydrogen-bond acceptors (Lipinski definition) is 5. The number of aryl methyl sites for hydroxylation is 1. The van der Waals surface area contributed by atoms with Crippen molar-refractivity contribution in [1.29, 1.82) is 0 Å². The summed E-state index contributed by atoms with van der Waals surface area (Å²) in [5.41, 5.74) is 1.84. The number of amides is 1. The summed E-state index contributed by atoms with van der Waals surface area (Å²) in [4.78, 5) is 18.2. The van der Waals surface area contributed by atoms with E-state index < -0.39 is 24.7 Å². The molecule has 2 N–H and O–H groups in total. The standard InChI is InChI=1S/C18H21F3N4OS.2ClH/c1-12-24-15(11-27-12)13-3-2-4-14(9-13)17(26)23-10-16(18(19,20)21)25-7-5-22-6-8-25;;/h2-4,9,11,16,22H,5-8,10H2,1H3,(H,23,26);2*1H. The summed E-state index contributed by atoms with van der Waals surface area (Å²) >= 11 is 1.50. The third kappa shape index (κ3) is 6.82. The van der Waals surface area contributed by atoms with Crippen molar-refractivity contribution in [1.82, 2.24) is 20.5 Å². The topological polar surface area (TPSA) is 57.3 Å². The average Bonchev–Trinajstić information content (AvgIpc) is 3.08. The number of piperazine rings is 1. The van der Waals surface area contributed by atoms with Gasteiger partial charge in [0, 0.05) is 49.2 Å². The van der Waals surface area contributed by atoms with Crippen molar-refractivity contribution >= 4 is 42.1 Å². The maximum Gasteiger partial charge on any atom is 0.405 e. The van der Waals surface area contributed by atoms with Crippen LogP contribution in [0.1, 0.15) is 15.4 Å². The second-order valence-electron chi connectivity index (χ2n) is 6.39. The van der Waals surface area contributed by atoms with Gasteiger partial charge in [0.1, 0.15) is 6.04 Å². The SMILES string of the molecule is Cc1nc(-c2cccc(C(=O)NCC(N3CCNCC3)C(F)(F)F)c2)cs1.Cl.Cl. The molecule has 0 radical (unpaired) electrons. The zero-order valence-electron chi connectivity index (χ0n) is 15.7. The van der Waals surface area contributed by atoms with Crippen LogP contribution in [-0.2, 0) is 0 Å². The lowest BCUT2D eigenvalue weighted by Gasteiger charge is -2.35. The van der Waals surface area contributed by atoms with Gasteiger partial charge in [0.25, 0.3) is 5.91 Å². The van der Waals surface area contributed by atoms with Crippen molar-refractivity contribution in [3.05, 3.63) is 40.2 Å². The lowest BCUT2D eigenvalue weighted by Crippen LogP contribution is -2.57. The van der Waals surface area contributed by atoms with Gasteiger partial charge in [-0.1, -0.05) is 12.1 Å². The number of nitrogens with one attached hydrogen (secondary N) is 2. The number of nitrogens with zero attached hydrogens (tertiary/aromatic N) is 2. The minimum atomic E-state index is -4.40. The lowest BCUT2D eigenvalue weighted by molar-refractivity contribution is -0.183. The first-order valence-electron chi connectivity index (χ1n) is 8.67. The monoisotopic (exact) mass is 470 g/mol.